The Morgan fingerprint density at radius 2 is 1.70 bits per heavy atom. The summed E-state index contributed by atoms with van der Waals surface area (Å²) in [6, 6.07) is 6.17. The van der Waals surface area contributed by atoms with E-state index in [0.717, 1.165) is 31.9 Å². The van der Waals surface area contributed by atoms with E-state index >= 15 is 0 Å². The Hall–Kier alpha value is -1.10. The van der Waals surface area contributed by atoms with Crippen LogP contribution in [-0.4, -0.2) is 46.6 Å². The molecule has 0 fully saturated rings. The van der Waals surface area contributed by atoms with Gasteiger partial charge in [-0.25, -0.2) is 0 Å². The zero-order chi connectivity index (χ0) is 14.6. The van der Waals surface area contributed by atoms with Gasteiger partial charge in [0.25, 0.3) is 0 Å². The van der Waals surface area contributed by atoms with E-state index in [1.165, 1.54) is 11.1 Å². The van der Waals surface area contributed by atoms with Crippen LogP contribution in [0, 0.1) is 13.8 Å². The number of benzene rings is 1. The average Bonchev–Trinajstić information content (AvgIpc) is 2.43. The van der Waals surface area contributed by atoms with E-state index in [-0.39, 0.29) is 0 Å². The lowest BCUT2D eigenvalue weighted by molar-refractivity contribution is 0.101. The summed E-state index contributed by atoms with van der Waals surface area (Å²) in [5.41, 5.74) is 2.34. The van der Waals surface area contributed by atoms with E-state index < -0.39 is 0 Å². The number of rotatable bonds is 11. The number of hydrogen-bond donors (Lipinski definition) is 1. The van der Waals surface area contributed by atoms with Crippen LogP contribution in [-0.2, 0) is 9.47 Å². The zero-order valence-corrected chi connectivity index (χ0v) is 12.9. The van der Waals surface area contributed by atoms with Crippen molar-refractivity contribution in [1.82, 2.24) is 5.32 Å². The lowest BCUT2D eigenvalue weighted by Gasteiger charge is -2.12. The van der Waals surface area contributed by atoms with Gasteiger partial charge in [-0.3, -0.25) is 0 Å². The molecular formula is C16H27NO3. The van der Waals surface area contributed by atoms with Gasteiger partial charge in [0.2, 0.25) is 0 Å². The summed E-state index contributed by atoms with van der Waals surface area (Å²) in [5, 5.41) is 3.30. The van der Waals surface area contributed by atoms with Crippen LogP contribution < -0.4 is 10.1 Å². The first-order valence-electron chi connectivity index (χ1n) is 7.22. The lowest BCUT2D eigenvalue weighted by Crippen LogP contribution is -2.22. The summed E-state index contributed by atoms with van der Waals surface area (Å²) >= 11 is 0. The maximum Gasteiger partial charge on any atom is 0.125 e. The highest BCUT2D eigenvalue weighted by Gasteiger charge is 2.02. The smallest absolute Gasteiger partial charge is 0.125 e. The van der Waals surface area contributed by atoms with Gasteiger partial charge < -0.3 is 19.5 Å². The Morgan fingerprint density at radius 1 is 0.950 bits per heavy atom. The Balaban J connectivity index is 2.00. The molecule has 0 atom stereocenters. The number of methoxy groups -OCH3 is 1. The minimum Gasteiger partial charge on any atom is -0.491 e. The Labute approximate surface area is 122 Å². The molecule has 0 aliphatic rings. The minimum atomic E-state index is 0.593. The van der Waals surface area contributed by atoms with Gasteiger partial charge >= 0.3 is 0 Å². The van der Waals surface area contributed by atoms with Gasteiger partial charge in [0.15, 0.2) is 0 Å². The molecule has 0 amide bonds. The van der Waals surface area contributed by atoms with E-state index in [1.54, 1.807) is 7.11 Å². The van der Waals surface area contributed by atoms with E-state index in [1.807, 2.05) is 6.07 Å². The molecule has 1 aromatic rings. The zero-order valence-electron chi connectivity index (χ0n) is 12.9. The maximum absolute atomic E-state index is 5.77. The van der Waals surface area contributed by atoms with Gasteiger partial charge in [0, 0.05) is 20.3 Å². The monoisotopic (exact) mass is 281 g/mol. The maximum atomic E-state index is 5.77. The molecule has 4 heteroatoms. The Morgan fingerprint density at radius 3 is 2.40 bits per heavy atom. The van der Waals surface area contributed by atoms with E-state index in [9.17, 15) is 0 Å². The van der Waals surface area contributed by atoms with Gasteiger partial charge in [0.1, 0.15) is 12.4 Å². The molecule has 20 heavy (non-hydrogen) atoms. The topological polar surface area (TPSA) is 39.7 Å². The molecule has 1 aromatic carbocycles. The molecule has 4 nitrogen and oxygen atoms in total. The quantitative estimate of drug-likeness (QED) is 0.632. The van der Waals surface area contributed by atoms with Crippen LogP contribution in [0.4, 0.5) is 0 Å². The largest absolute Gasteiger partial charge is 0.491 e. The summed E-state index contributed by atoms with van der Waals surface area (Å²) < 4.78 is 16.3. The second kappa shape index (κ2) is 10.7. The van der Waals surface area contributed by atoms with Crippen LogP contribution in [0.25, 0.3) is 0 Å². The van der Waals surface area contributed by atoms with E-state index in [2.05, 4.69) is 31.3 Å². The highest BCUT2D eigenvalue weighted by atomic mass is 16.5. The molecule has 0 heterocycles. The second-order valence-corrected chi connectivity index (χ2v) is 4.78. The fourth-order valence-electron chi connectivity index (χ4n) is 1.94. The summed E-state index contributed by atoms with van der Waals surface area (Å²) in [5.74, 6) is 0.980. The molecule has 0 radical (unpaired) electrons. The van der Waals surface area contributed by atoms with Crippen LogP contribution in [0.5, 0.6) is 5.75 Å². The molecule has 1 rings (SSSR count). The normalized spacial score (nSPS) is 10.8. The molecule has 0 bridgehead atoms. The molecule has 114 valence electrons. The molecule has 0 saturated carbocycles. The Bertz CT molecular complexity index is 348. The fourth-order valence-corrected chi connectivity index (χ4v) is 1.94. The number of hydrogen-bond acceptors (Lipinski definition) is 4. The first-order valence-corrected chi connectivity index (χ1v) is 7.22. The first kappa shape index (κ1) is 17.0. The standard InChI is InChI=1S/C16H27NO3/c1-14-6-4-7-15(2)16(14)20-13-12-19-11-9-17-8-5-10-18-3/h4,6-7,17H,5,8-13H2,1-3H3. The summed E-state index contributed by atoms with van der Waals surface area (Å²) in [7, 11) is 1.72. The average molecular weight is 281 g/mol. The predicted molar refractivity (Wildman–Crippen MR) is 81.6 cm³/mol. The summed E-state index contributed by atoms with van der Waals surface area (Å²) in [6.45, 7) is 8.69. The van der Waals surface area contributed by atoms with E-state index in [0.29, 0.717) is 19.8 Å². The van der Waals surface area contributed by atoms with Crippen molar-refractivity contribution < 1.29 is 14.2 Å². The molecule has 0 aliphatic carbocycles. The lowest BCUT2D eigenvalue weighted by atomic mass is 10.1. The van der Waals surface area contributed by atoms with Gasteiger partial charge in [0.05, 0.1) is 13.2 Å². The third kappa shape index (κ3) is 6.89. The highest BCUT2D eigenvalue weighted by Crippen LogP contribution is 2.21. The van der Waals surface area contributed by atoms with Crippen molar-refractivity contribution in [2.75, 3.05) is 46.6 Å². The predicted octanol–water partition coefficient (Wildman–Crippen LogP) is 2.32. The van der Waals surface area contributed by atoms with E-state index in [4.69, 9.17) is 14.2 Å². The number of aryl methyl sites for hydroxylation is 2. The third-order valence-electron chi connectivity index (χ3n) is 3.01. The molecule has 1 N–H and O–H groups in total. The van der Waals surface area contributed by atoms with Gasteiger partial charge in [-0.05, 0) is 37.9 Å². The summed E-state index contributed by atoms with van der Waals surface area (Å²) in [6.07, 6.45) is 1.03. The SMILES string of the molecule is COCCCNCCOCCOc1c(C)cccc1C. The molecule has 0 saturated heterocycles. The van der Waals surface area contributed by atoms with Crippen molar-refractivity contribution in [3.05, 3.63) is 29.3 Å². The van der Waals surface area contributed by atoms with Crippen LogP contribution in [0.3, 0.4) is 0 Å². The van der Waals surface area contributed by atoms with Crippen molar-refractivity contribution in [3.8, 4) is 5.75 Å². The van der Waals surface area contributed by atoms with Crippen LogP contribution in [0.1, 0.15) is 17.5 Å². The number of para-hydroxylation sites is 1. The molecule has 0 spiro atoms. The molecule has 0 unspecified atom stereocenters. The van der Waals surface area contributed by atoms with Crippen molar-refractivity contribution in [3.63, 3.8) is 0 Å². The Kier molecular flexibility index (Phi) is 9.04. The van der Waals surface area contributed by atoms with Gasteiger partial charge in [-0.15, -0.1) is 0 Å². The first-order chi connectivity index (χ1) is 9.75. The van der Waals surface area contributed by atoms with Crippen molar-refractivity contribution in [1.29, 1.82) is 0 Å². The summed E-state index contributed by atoms with van der Waals surface area (Å²) in [4.78, 5) is 0. The molecule has 0 aromatic heterocycles. The van der Waals surface area contributed by atoms with Crippen LogP contribution in [0.2, 0.25) is 0 Å². The third-order valence-corrected chi connectivity index (χ3v) is 3.01. The molecule has 0 aliphatic heterocycles. The number of ether oxygens (including phenoxy) is 3. The second-order valence-electron chi connectivity index (χ2n) is 4.78. The number of nitrogens with one attached hydrogen (secondary N) is 1. The highest BCUT2D eigenvalue weighted by molar-refractivity contribution is 5.39. The van der Waals surface area contributed by atoms with Gasteiger partial charge in [-0.1, -0.05) is 18.2 Å². The minimum absolute atomic E-state index is 0.593. The van der Waals surface area contributed by atoms with Gasteiger partial charge in [-0.2, -0.15) is 0 Å². The van der Waals surface area contributed by atoms with Crippen molar-refractivity contribution >= 4 is 0 Å². The fraction of sp³-hybridized carbons (Fsp3) is 0.625. The van der Waals surface area contributed by atoms with Crippen molar-refractivity contribution in [2.24, 2.45) is 0 Å². The van der Waals surface area contributed by atoms with Crippen molar-refractivity contribution in [2.45, 2.75) is 20.3 Å². The van der Waals surface area contributed by atoms with Crippen LogP contribution in [0.15, 0.2) is 18.2 Å². The van der Waals surface area contributed by atoms with Crippen LogP contribution >= 0.6 is 0 Å². The molecular weight excluding hydrogens is 254 g/mol.